The molecule has 4 aromatic rings. The van der Waals surface area contributed by atoms with Crippen LogP contribution in [0, 0.1) is 0 Å². The molecule has 0 atom stereocenters. The first-order valence-electron chi connectivity index (χ1n) is 8.84. The van der Waals surface area contributed by atoms with E-state index in [1.165, 1.54) is 7.11 Å². The second-order valence-corrected chi connectivity index (χ2v) is 6.34. The van der Waals surface area contributed by atoms with Crippen molar-refractivity contribution in [3.63, 3.8) is 0 Å². The lowest BCUT2D eigenvalue weighted by Gasteiger charge is -2.12. The van der Waals surface area contributed by atoms with Gasteiger partial charge in [-0.3, -0.25) is 4.79 Å². The number of hydrogen-bond acceptors (Lipinski definition) is 4. The maximum atomic E-state index is 13.7. The molecule has 0 fully saturated rings. The van der Waals surface area contributed by atoms with Crippen molar-refractivity contribution in [3.8, 4) is 17.0 Å². The van der Waals surface area contributed by atoms with Crippen LogP contribution in [-0.4, -0.2) is 27.6 Å². The quantitative estimate of drug-likeness (QED) is 0.529. The molecule has 0 spiro atoms. The van der Waals surface area contributed by atoms with Gasteiger partial charge in [0.15, 0.2) is 11.3 Å². The second kappa shape index (κ2) is 7.51. The van der Waals surface area contributed by atoms with Crippen LogP contribution < -0.4 is 10.1 Å². The molecule has 0 saturated carbocycles. The van der Waals surface area contributed by atoms with E-state index in [1.807, 2.05) is 0 Å². The fraction of sp³-hybridized carbons (Fsp3) is 0.0952. The molecule has 4 rings (SSSR count). The van der Waals surface area contributed by atoms with Crippen molar-refractivity contribution in [1.82, 2.24) is 14.6 Å². The third kappa shape index (κ3) is 3.57. The highest BCUT2D eigenvalue weighted by Gasteiger charge is 2.36. The number of rotatable bonds is 4. The average Bonchev–Trinajstić information content (AvgIpc) is 3.17. The van der Waals surface area contributed by atoms with Gasteiger partial charge in [-0.1, -0.05) is 42.5 Å². The van der Waals surface area contributed by atoms with E-state index in [0.29, 0.717) is 21.5 Å². The van der Waals surface area contributed by atoms with Crippen LogP contribution in [-0.2, 0) is 6.18 Å². The largest absolute Gasteiger partial charge is 0.495 e. The summed E-state index contributed by atoms with van der Waals surface area (Å²) < 4.78 is 46.8. The van der Waals surface area contributed by atoms with Gasteiger partial charge in [-0.25, -0.2) is 9.50 Å². The summed E-state index contributed by atoms with van der Waals surface area (Å²) in [5.41, 5.74) is -0.368. The third-order valence-corrected chi connectivity index (χ3v) is 4.43. The highest BCUT2D eigenvalue weighted by molar-refractivity contribution is 6.08. The molecule has 2 heterocycles. The van der Waals surface area contributed by atoms with Crippen LogP contribution in [0.15, 0.2) is 66.9 Å². The molecule has 30 heavy (non-hydrogen) atoms. The minimum absolute atomic E-state index is 0.0854. The number of nitrogens with one attached hydrogen (secondary N) is 1. The molecule has 0 aliphatic carbocycles. The number of amides is 1. The number of benzene rings is 2. The summed E-state index contributed by atoms with van der Waals surface area (Å²) in [6.45, 7) is 0. The van der Waals surface area contributed by atoms with Gasteiger partial charge in [0.1, 0.15) is 11.3 Å². The van der Waals surface area contributed by atoms with Crippen LogP contribution >= 0.6 is 0 Å². The number of carbonyl (C=O) groups is 1. The molecule has 1 N–H and O–H groups in total. The first-order valence-corrected chi connectivity index (χ1v) is 8.84. The number of carbonyl (C=O) groups excluding carboxylic acids is 1. The van der Waals surface area contributed by atoms with E-state index in [-0.39, 0.29) is 16.9 Å². The van der Waals surface area contributed by atoms with Crippen molar-refractivity contribution in [2.75, 3.05) is 12.4 Å². The van der Waals surface area contributed by atoms with E-state index >= 15 is 0 Å². The minimum Gasteiger partial charge on any atom is -0.495 e. The lowest BCUT2D eigenvalue weighted by molar-refractivity contribution is -0.142. The highest BCUT2D eigenvalue weighted by atomic mass is 19.4. The van der Waals surface area contributed by atoms with Crippen molar-refractivity contribution >= 4 is 17.2 Å². The van der Waals surface area contributed by atoms with Crippen LogP contribution in [0.5, 0.6) is 5.75 Å². The summed E-state index contributed by atoms with van der Waals surface area (Å²) in [6, 6.07) is 16.0. The number of para-hydroxylation sites is 2. The molecular weight excluding hydrogens is 397 g/mol. The van der Waals surface area contributed by atoms with Crippen LogP contribution in [0.2, 0.25) is 0 Å². The van der Waals surface area contributed by atoms with E-state index in [4.69, 9.17) is 4.74 Å². The van der Waals surface area contributed by atoms with Gasteiger partial charge < -0.3 is 10.1 Å². The average molecular weight is 412 g/mol. The van der Waals surface area contributed by atoms with Crippen LogP contribution in [0.25, 0.3) is 16.9 Å². The highest BCUT2D eigenvalue weighted by Crippen LogP contribution is 2.33. The van der Waals surface area contributed by atoms with Gasteiger partial charge >= 0.3 is 6.18 Å². The van der Waals surface area contributed by atoms with Crippen molar-refractivity contribution in [1.29, 1.82) is 0 Å². The molecule has 0 saturated heterocycles. The van der Waals surface area contributed by atoms with Gasteiger partial charge in [0.05, 0.1) is 24.7 Å². The lowest BCUT2D eigenvalue weighted by atomic mass is 10.1. The summed E-state index contributed by atoms with van der Waals surface area (Å²) in [4.78, 5) is 17.1. The summed E-state index contributed by atoms with van der Waals surface area (Å²) in [7, 11) is 1.45. The topological polar surface area (TPSA) is 68.5 Å². The summed E-state index contributed by atoms with van der Waals surface area (Å²) in [6.07, 6.45) is -3.62. The van der Waals surface area contributed by atoms with Crippen molar-refractivity contribution in [2.24, 2.45) is 0 Å². The molecule has 1 amide bonds. The van der Waals surface area contributed by atoms with Gasteiger partial charge in [0.25, 0.3) is 5.91 Å². The predicted octanol–water partition coefficient (Wildman–Crippen LogP) is 4.68. The van der Waals surface area contributed by atoms with Crippen LogP contribution in [0.1, 0.15) is 16.1 Å². The number of halogens is 3. The van der Waals surface area contributed by atoms with Gasteiger partial charge in [-0.2, -0.15) is 18.3 Å². The van der Waals surface area contributed by atoms with Gasteiger partial charge in [0, 0.05) is 5.56 Å². The molecule has 9 heteroatoms. The Morgan fingerprint density at radius 2 is 1.77 bits per heavy atom. The molecule has 0 radical (unpaired) electrons. The first kappa shape index (κ1) is 19.4. The zero-order valence-electron chi connectivity index (χ0n) is 15.6. The Kier molecular flexibility index (Phi) is 4.86. The monoisotopic (exact) mass is 412 g/mol. The SMILES string of the molecule is COc1ccccc1NC(=O)c1cnn2c(C(F)(F)F)cc(-c3ccccc3)nc12. The smallest absolute Gasteiger partial charge is 0.433 e. The Bertz CT molecular complexity index is 1220. The number of anilines is 1. The zero-order chi connectivity index (χ0) is 21.3. The summed E-state index contributed by atoms with van der Waals surface area (Å²) >= 11 is 0. The second-order valence-electron chi connectivity index (χ2n) is 6.34. The maximum Gasteiger partial charge on any atom is 0.433 e. The molecule has 0 aliphatic heterocycles. The van der Waals surface area contributed by atoms with Gasteiger partial charge in [-0.05, 0) is 18.2 Å². The minimum atomic E-state index is -4.69. The lowest BCUT2D eigenvalue weighted by Crippen LogP contribution is -2.16. The van der Waals surface area contributed by atoms with Crippen molar-refractivity contribution < 1.29 is 22.7 Å². The molecule has 152 valence electrons. The molecule has 0 unspecified atom stereocenters. The van der Waals surface area contributed by atoms with Crippen LogP contribution in [0.3, 0.4) is 0 Å². The predicted molar refractivity (Wildman–Crippen MR) is 104 cm³/mol. The number of ether oxygens (including phenoxy) is 1. The fourth-order valence-electron chi connectivity index (χ4n) is 3.02. The Morgan fingerprint density at radius 3 is 2.47 bits per heavy atom. The van der Waals surface area contributed by atoms with E-state index < -0.39 is 17.8 Å². The molecular formula is C21H15F3N4O2. The van der Waals surface area contributed by atoms with Gasteiger partial charge in [0.2, 0.25) is 0 Å². The summed E-state index contributed by atoms with van der Waals surface area (Å²) in [5.74, 6) is -0.239. The summed E-state index contributed by atoms with van der Waals surface area (Å²) in [5, 5.41) is 6.40. The first-order chi connectivity index (χ1) is 14.4. The third-order valence-electron chi connectivity index (χ3n) is 4.43. The number of nitrogens with zero attached hydrogens (tertiary/aromatic N) is 3. The van der Waals surface area contributed by atoms with Crippen molar-refractivity contribution in [2.45, 2.75) is 6.18 Å². The van der Waals surface area contributed by atoms with E-state index in [0.717, 1.165) is 12.3 Å². The molecule has 2 aromatic carbocycles. The Morgan fingerprint density at radius 1 is 1.07 bits per heavy atom. The molecule has 6 nitrogen and oxygen atoms in total. The maximum absolute atomic E-state index is 13.7. The number of fused-ring (bicyclic) bond motifs is 1. The molecule has 0 aliphatic rings. The number of aromatic nitrogens is 3. The number of hydrogen-bond donors (Lipinski definition) is 1. The van der Waals surface area contributed by atoms with Crippen LogP contribution in [0.4, 0.5) is 18.9 Å². The molecule has 2 aromatic heterocycles. The number of alkyl halides is 3. The van der Waals surface area contributed by atoms with E-state index in [2.05, 4.69) is 15.4 Å². The zero-order valence-corrected chi connectivity index (χ0v) is 15.6. The molecule has 0 bridgehead atoms. The fourth-order valence-corrected chi connectivity index (χ4v) is 3.02. The van der Waals surface area contributed by atoms with Crippen molar-refractivity contribution in [3.05, 3.63) is 78.1 Å². The van der Waals surface area contributed by atoms with E-state index in [9.17, 15) is 18.0 Å². The number of methoxy groups -OCH3 is 1. The standard InChI is InChI=1S/C21H15F3N4O2/c1-30-17-10-6-5-9-15(17)27-20(29)14-12-25-28-18(21(22,23)24)11-16(26-19(14)28)13-7-3-2-4-8-13/h2-12H,1H3,(H,27,29). The van der Waals surface area contributed by atoms with E-state index in [1.54, 1.807) is 54.6 Å². The Hall–Kier alpha value is -3.88. The Labute approximate surface area is 168 Å². The normalized spacial score (nSPS) is 11.5. The van der Waals surface area contributed by atoms with Gasteiger partial charge in [-0.15, -0.1) is 0 Å². The Balaban J connectivity index is 1.84.